The van der Waals surface area contributed by atoms with Gasteiger partial charge in [-0.3, -0.25) is 4.98 Å². The number of benzene rings is 1. The molecule has 2 aromatic rings. The average molecular weight is 271 g/mol. The van der Waals surface area contributed by atoms with E-state index >= 15 is 0 Å². The summed E-state index contributed by atoms with van der Waals surface area (Å²) in [4.78, 5) is 3.76. The van der Waals surface area contributed by atoms with E-state index in [1.54, 1.807) is 24.4 Å². The van der Waals surface area contributed by atoms with Gasteiger partial charge in [-0.2, -0.15) is 0 Å². The second-order valence-electron chi connectivity index (χ2n) is 3.47. The molecule has 5 heteroatoms. The SMILES string of the molecule is Fc1cncc(CNc2cccc(Cl)c2Cl)c1. The van der Waals surface area contributed by atoms with Crippen molar-refractivity contribution in [2.75, 3.05) is 5.32 Å². The molecule has 0 atom stereocenters. The number of rotatable bonds is 3. The van der Waals surface area contributed by atoms with Gasteiger partial charge in [0.15, 0.2) is 0 Å². The third-order valence-electron chi connectivity index (χ3n) is 2.20. The lowest BCUT2D eigenvalue weighted by atomic mass is 10.2. The van der Waals surface area contributed by atoms with Crippen LogP contribution in [0.5, 0.6) is 0 Å². The Morgan fingerprint density at radius 1 is 1.24 bits per heavy atom. The monoisotopic (exact) mass is 270 g/mol. The second-order valence-corrected chi connectivity index (χ2v) is 4.25. The molecule has 17 heavy (non-hydrogen) atoms. The second kappa shape index (κ2) is 5.34. The van der Waals surface area contributed by atoms with Gasteiger partial charge in [0.1, 0.15) is 5.82 Å². The first kappa shape index (κ1) is 12.1. The van der Waals surface area contributed by atoms with Crippen molar-refractivity contribution in [1.29, 1.82) is 0 Å². The van der Waals surface area contributed by atoms with Crippen molar-refractivity contribution >= 4 is 28.9 Å². The number of halogens is 3. The first-order chi connectivity index (χ1) is 8.16. The van der Waals surface area contributed by atoms with Gasteiger partial charge in [0.25, 0.3) is 0 Å². The molecular formula is C12H9Cl2FN2. The van der Waals surface area contributed by atoms with E-state index in [9.17, 15) is 4.39 Å². The molecule has 1 aromatic heterocycles. The summed E-state index contributed by atoms with van der Waals surface area (Å²) in [6, 6.07) is 6.72. The molecule has 1 aromatic carbocycles. The van der Waals surface area contributed by atoms with Gasteiger partial charge in [0.05, 0.1) is 21.9 Å². The van der Waals surface area contributed by atoms with Crippen molar-refractivity contribution in [1.82, 2.24) is 4.98 Å². The minimum atomic E-state index is -0.360. The highest BCUT2D eigenvalue weighted by molar-refractivity contribution is 6.43. The molecule has 2 nitrogen and oxygen atoms in total. The molecule has 88 valence electrons. The van der Waals surface area contributed by atoms with Crippen LogP contribution in [0.4, 0.5) is 10.1 Å². The largest absolute Gasteiger partial charge is 0.380 e. The Morgan fingerprint density at radius 2 is 2.06 bits per heavy atom. The van der Waals surface area contributed by atoms with Crippen LogP contribution in [0.1, 0.15) is 5.56 Å². The molecule has 0 fully saturated rings. The highest BCUT2D eigenvalue weighted by Gasteiger charge is 2.04. The minimum Gasteiger partial charge on any atom is -0.380 e. The molecule has 0 spiro atoms. The summed E-state index contributed by atoms with van der Waals surface area (Å²) in [5, 5.41) is 4.01. The fourth-order valence-electron chi connectivity index (χ4n) is 1.39. The highest BCUT2D eigenvalue weighted by atomic mass is 35.5. The van der Waals surface area contributed by atoms with Crippen LogP contribution in [-0.4, -0.2) is 4.98 Å². The lowest BCUT2D eigenvalue weighted by molar-refractivity contribution is 0.619. The van der Waals surface area contributed by atoms with Crippen LogP contribution >= 0.6 is 23.2 Å². The molecule has 0 aliphatic heterocycles. The van der Waals surface area contributed by atoms with Crippen molar-refractivity contribution in [2.24, 2.45) is 0 Å². The summed E-state index contributed by atoms with van der Waals surface area (Å²) in [6.07, 6.45) is 2.75. The van der Waals surface area contributed by atoms with Crippen LogP contribution in [0.2, 0.25) is 10.0 Å². The van der Waals surface area contributed by atoms with Gasteiger partial charge in [-0.1, -0.05) is 29.3 Å². The molecule has 2 rings (SSSR count). The highest BCUT2D eigenvalue weighted by Crippen LogP contribution is 2.29. The average Bonchev–Trinajstić information content (AvgIpc) is 2.31. The standard InChI is InChI=1S/C12H9Cl2FN2/c13-10-2-1-3-11(12(10)14)17-6-8-4-9(15)7-16-5-8/h1-5,7,17H,6H2. The van der Waals surface area contributed by atoms with Gasteiger partial charge >= 0.3 is 0 Å². The van der Waals surface area contributed by atoms with E-state index in [0.29, 0.717) is 22.3 Å². The quantitative estimate of drug-likeness (QED) is 0.907. The topological polar surface area (TPSA) is 24.9 Å². The molecule has 0 radical (unpaired) electrons. The van der Waals surface area contributed by atoms with E-state index in [-0.39, 0.29) is 5.82 Å². The fraction of sp³-hybridized carbons (Fsp3) is 0.0833. The molecule has 0 saturated carbocycles. The van der Waals surface area contributed by atoms with Crippen molar-refractivity contribution in [3.63, 3.8) is 0 Å². The molecule has 0 amide bonds. The third kappa shape index (κ3) is 3.08. The maximum atomic E-state index is 12.9. The Bertz CT molecular complexity index is 532. The van der Waals surface area contributed by atoms with E-state index in [4.69, 9.17) is 23.2 Å². The zero-order valence-electron chi connectivity index (χ0n) is 8.75. The summed E-state index contributed by atoms with van der Waals surface area (Å²) in [6.45, 7) is 0.435. The van der Waals surface area contributed by atoms with E-state index in [2.05, 4.69) is 10.3 Å². The zero-order chi connectivity index (χ0) is 12.3. The van der Waals surface area contributed by atoms with Crippen LogP contribution in [-0.2, 0) is 6.54 Å². The zero-order valence-corrected chi connectivity index (χ0v) is 10.3. The Balaban J connectivity index is 2.10. The number of hydrogen-bond donors (Lipinski definition) is 1. The number of nitrogens with zero attached hydrogens (tertiary/aromatic N) is 1. The van der Waals surface area contributed by atoms with Gasteiger partial charge < -0.3 is 5.32 Å². The number of anilines is 1. The van der Waals surface area contributed by atoms with Crippen LogP contribution in [0.3, 0.4) is 0 Å². The van der Waals surface area contributed by atoms with Crippen LogP contribution < -0.4 is 5.32 Å². The predicted molar refractivity (Wildman–Crippen MR) is 68.0 cm³/mol. The molecule has 0 bridgehead atoms. The first-order valence-electron chi connectivity index (χ1n) is 4.94. The van der Waals surface area contributed by atoms with Crippen LogP contribution in [0.25, 0.3) is 0 Å². The molecule has 0 saturated heterocycles. The van der Waals surface area contributed by atoms with E-state index in [1.807, 2.05) is 0 Å². The summed E-state index contributed by atoms with van der Waals surface area (Å²) in [7, 11) is 0. The Hall–Kier alpha value is -1.32. The number of nitrogens with one attached hydrogen (secondary N) is 1. The summed E-state index contributed by atoms with van der Waals surface area (Å²) >= 11 is 11.9. The molecule has 0 unspecified atom stereocenters. The summed E-state index contributed by atoms with van der Waals surface area (Å²) in [5.74, 6) is -0.360. The van der Waals surface area contributed by atoms with E-state index < -0.39 is 0 Å². The lowest BCUT2D eigenvalue weighted by Crippen LogP contribution is -2.01. The number of pyridine rings is 1. The van der Waals surface area contributed by atoms with Crippen molar-refractivity contribution in [3.8, 4) is 0 Å². The maximum Gasteiger partial charge on any atom is 0.141 e. The summed E-state index contributed by atoms with van der Waals surface area (Å²) < 4.78 is 12.9. The fourth-order valence-corrected chi connectivity index (χ4v) is 1.76. The van der Waals surface area contributed by atoms with Crippen LogP contribution in [0.15, 0.2) is 36.7 Å². The van der Waals surface area contributed by atoms with Gasteiger partial charge in [0, 0.05) is 12.7 Å². The third-order valence-corrected chi connectivity index (χ3v) is 3.01. The normalized spacial score (nSPS) is 10.3. The molecule has 1 N–H and O–H groups in total. The minimum absolute atomic E-state index is 0.360. The molecule has 1 heterocycles. The van der Waals surface area contributed by atoms with Gasteiger partial charge in [-0.15, -0.1) is 0 Å². The predicted octanol–water partition coefficient (Wildman–Crippen LogP) is 4.14. The van der Waals surface area contributed by atoms with Gasteiger partial charge in [-0.05, 0) is 23.8 Å². The van der Waals surface area contributed by atoms with Crippen molar-refractivity contribution in [2.45, 2.75) is 6.54 Å². The van der Waals surface area contributed by atoms with Crippen LogP contribution in [0, 0.1) is 5.82 Å². The molecular weight excluding hydrogens is 262 g/mol. The molecule has 0 aliphatic rings. The first-order valence-corrected chi connectivity index (χ1v) is 5.70. The number of aromatic nitrogens is 1. The Kier molecular flexibility index (Phi) is 3.82. The van der Waals surface area contributed by atoms with Gasteiger partial charge in [-0.25, -0.2) is 4.39 Å². The van der Waals surface area contributed by atoms with Gasteiger partial charge in [0.2, 0.25) is 0 Å². The Morgan fingerprint density at radius 3 is 2.82 bits per heavy atom. The molecule has 0 aliphatic carbocycles. The number of hydrogen-bond acceptors (Lipinski definition) is 2. The summed E-state index contributed by atoms with van der Waals surface area (Å²) in [5.41, 5.74) is 1.45. The van der Waals surface area contributed by atoms with Crippen molar-refractivity contribution in [3.05, 3.63) is 58.1 Å². The lowest BCUT2D eigenvalue weighted by Gasteiger charge is -2.09. The maximum absolute atomic E-state index is 12.9. The van der Waals surface area contributed by atoms with E-state index in [0.717, 1.165) is 11.8 Å². The van der Waals surface area contributed by atoms with Crippen molar-refractivity contribution < 1.29 is 4.39 Å². The van der Waals surface area contributed by atoms with E-state index in [1.165, 1.54) is 6.07 Å². The Labute approximate surface area is 108 Å². The smallest absolute Gasteiger partial charge is 0.141 e.